The molecule has 0 amide bonds. The van der Waals surface area contributed by atoms with Crippen LogP contribution >= 0.6 is 11.8 Å². The van der Waals surface area contributed by atoms with E-state index in [1.54, 1.807) is 6.20 Å². The number of carbonyl (C=O) groups is 1. The van der Waals surface area contributed by atoms with Crippen LogP contribution in [0.1, 0.15) is 26.7 Å². The molecular formula is C13H19N3O2S. The lowest BCUT2D eigenvalue weighted by Crippen LogP contribution is -2.53. The van der Waals surface area contributed by atoms with Crippen LogP contribution in [0.15, 0.2) is 23.6 Å². The van der Waals surface area contributed by atoms with Crippen molar-refractivity contribution in [3.05, 3.63) is 18.6 Å². The van der Waals surface area contributed by atoms with Crippen molar-refractivity contribution < 1.29 is 9.53 Å². The van der Waals surface area contributed by atoms with E-state index in [0.717, 1.165) is 17.9 Å². The standard InChI is InChI=1S/C13H19N3O2S/c1-3-18-12(17)13(2,16-10-4-5-10)8-19-11-6-7-14-9-15-11/h6-7,9-10,16H,3-5,8H2,1-2H3. The van der Waals surface area contributed by atoms with Gasteiger partial charge >= 0.3 is 5.97 Å². The lowest BCUT2D eigenvalue weighted by molar-refractivity contribution is -0.149. The molecule has 1 aliphatic rings. The minimum absolute atomic E-state index is 0.191. The summed E-state index contributed by atoms with van der Waals surface area (Å²) in [6, 6.07) is 2.29. The average Bonchev–Trinajstić information content (AvgIpc) is 3.22. The van der Waals surface area contributed by atoms with E-state index in [9.17, 15) is 4.79 Å². The van der Waals surface area contributed by atoms with Crippen molar-refractivity contribution in [2.24, 2.45) is 0 Å². The predicted octanol–water partition coefficient (Wildman–Crippen LogP) is 1.64. The van der Waals surface area contributed by atoms with Crippen molar-refractivity contribution in [1.82, 2.24) is 15.3 Å². The molecule has 2 rings (SSSR count). The Balaban J connectivity index is 1.98. The van der Waals surface area contributed by atoms with E-state index in [0.29, 0.717) is 18.4 Å². The molecule has 0 spiro atoms. The van der Waals surface area contributed by atoms with Crippen LogP contribution in [0.25, 0.3) is 0 Å². The number of ether oxygens (including phenoxy) is 1. The zero-order valence-corrected chi connectivity index (χ0v) is 12.1. The second-order valence-corrected chi connectivity index (χ2v) is 5.80. The van der Waals surface area contributed by atoms with Crippen molar-refractivity contribution >= 4 is 17.7 Å². The number of nitrogens with one attached hydrogen (secondary N) is 1. The third kappa shape index (κ3) is 4.18. The second-order valence-electron chi connectivity index (χ2n) is 4.81. The zero-order valence-electron chi connectivity index (χ0n) is 11.3. The van der Waals surface area contributed by atoms with E-state index in [-0.39, 0.29) is 5.97 Å². The minimum Gasteiger partial charge on any atom is -0.465 e. The number of carbonyl (C=O) groups excluding carboxylic acids is 1. The summed E-state index contributed by atoms with van der Waals surface area (Å²) < 4.78 is 5.18. The van der Waals surface area contributed by atoms with E-state index in [1.165, 1.54) is 18.1 Å². The predicted molar refractivity (Wildman–Crippen MR) is 74.0 cm³/mol. The fourth-order valence-corrected chi connectivity index (χ4v) is 2.63. The van der Waals surface area contributed by atoms with Gasteiger partial charge < -0.3 is 4.74 Å². The van der Waals surface area contributed by atoms with Crippen molar-refractivity contribution in [2.45, 2.75) is 43.3 Å². The van der Waals surface area contributed by atoms with Crippen LogP contribution in [-0.2, 0) is 9.53 Å². The first-order valence-electron chi connectivity index (χ1n) is 6.48. The SMILES string of the molecule is CCOC(=O)C(C)(CSc1ccncn1)NC1CC1. The fraction of sp³-hybridized carbons (Fsp3) is 0.615. The first-order chi connectivity index (χ1) is 9.14. The summed E-state index contributed by atoms with van der Waals surface area (Å²) in [5.41, 5.74) is -0.660. The Morgan fingerprint density at radius 3 is 3.00 bits per heavy atom. The molecule has 0 aliphatic heterocycles. The number of rotatable bonds is 7. The van der Waals surface area contributed by atoms with Crippen molar-refractivity contribution in [3.63, 3.8) is 0 Å². The maximum absolute atomic E-state index is 12.1. The number of hydrogen-bond donors (Lipinski definition) is 1. The van der Waals surface area contributed by atoms with Gasteiger partial charge in [-0.05, 0) is 32.8 Å². The minimum atomic E-state index is -0.660. The second kappa shape index (κ2) is 6.34. The lowest BCUT2D eigenvalue weighted by atomic mass is 10.1. The summed E-state index contributed by atoms with van der Waals surface area (Å²) in [5.74, 6) is 0.405. The fourth-order valence-electron chi connectivity index (χ4n) is 1.71. The average molecular weight is 281 g/mol. The highest BCUT2D eigenvalue weighted by molar-refractivity contribution is 7.99. The van der Waals surface area contributed by atoms with E-state index in [4.69, 9.17) is 4.74 Å². The molecule has 104 valence electrons. The lowest BCUT2D eigenvalue weighted by Gasteiger charge is -2.28. The van der Waals surface area contributed by atoms with E-state index in [2.05, 4.69) is 15.3 Å². The quantitative estimate of drug-likeness (QED) is 0.466. The monoisotopic (exact) mass is 281 g/mol. The summed E-state index contributed by atoms with van der Waals surface area (Å²) in [7, 11) is 0. The molecule has 19 heavy (non-hydrogen) atoms. The Morgan fingerprint density at radius 1 is 1.63 bits per heavy atom. The molecule has 1 fully saturated rings. The Bertz CT molecular complexity index is 425. The van der Waals surface area contributed by atoms with Crippen LogP contribution in [0.3, 0.4) is 0 Å². The van der Waals surface area contributed by atoms with Gasteiger partial charge in [-0.3, -0.25) is 10.1 Å². The van der Waals surface area contributed by atoms with Gasteiger partial charge in [-0.1, -0.05) is 0 Å². The molecule has 1 aromatic heterocycles. The zero-order chi connectivity index (χ0) is 13.7. The highest BCUT2D eigenvalue weighted by Crippen LogP contribution is 2.27. The molecule has 0 aromatic carbocycles. The molecule has 5 nitrogen and oxygen atoms in total. The van der Waals surface area contributed by atoms with Crippen LogP contribution in [-0.4, -0.2) is 39.9 Å². The van der Waals surface area contributed by atoms with Crippen LogP contribution in [0.2, 0.25) is 0 Å². The largest absolute Gasteiger partial charge is 0.465 e. The molecule has 6 heteroatoms. The third-order valence-corrected chi connectivity index (χ3v) is 4.15. The molecular weight excluding hydrogens is 262 g/mol. The topological polar surface area (TPSA) is 64.1 Å². The van der Waals surface area contributed by atoms with Gasteiger partial charge in [0.1, 0.15) is 11.9 Å². The number of esters is 1. The third-order valence-electron chi connectivity index (χ3n) is 2.89. The Morgan fingerprint density at radius 2 is 2.42 bits per heavy atom. The highest BCUT2D eigenvalue weighted by atomic mass is 32.2. The summed E-state index contributed by atoms with van der Waals surface area (Å²) in [6.45, 7) is 4.13. The first kappa shape index (κ1) is 14.3. The molecule has 1 N–H and O–H groups in total. The molecule has 0 bridgehead atoms. The van der Waals surface area contributed by atoms with E-state index >= 15 is 0 Å². The summed E-state index contributed by atoms with van der Waals surface area (Å²) >= 11 is 1.54. The number of aromatic nitrogens is 2. The Labute approximate surface area is 117 Å². The molecule has 1 saturated carbocycles. The summed E-state index contributed by atoms with van der Waals surface area (Å²) in [4.78, 5) is 20.2. The van der Waals surface area contributed by atoms with Gasteiger partial charge in [0.2, 0.25) is 0 Å². The van der Waals surface area contributed by atoms with Gasteiger partial charge in [-0.15, -0.1) is 11.8 Å². The first-order valence-corrected chi connectivity index (χ1v) is 7.46. The van der Waals surface area contributed by atoms with Gasteiger partial charge in [-0.25, -0.2) is 9.97 Å². The van der Waals surface area contributed by atoms with Gasteiger partial charge in [-0.2, -0.15) is 0 Å². The van der Waals surface area contributed by atoms with Crippen molar-refractivity contribution in [2.75, 3.05) is 12.4 Å². The van der Waals surface area contributed by atoms with Crippen LogP contribution < -0.4 is 5.32 Å². The molecule has 1 atom stereocenters. The van der Waals surface area contributed by atoms with Crippen LogP contribution in [0.4, 0.5) is 0 Å². The number of nitrogens with zero attached hydrogens (tertiary/aromatic N) is 2. The molecule has 1 heterocycles. The maximum atomic E-state index is 12.1. The van der Waals surface area contributed by atoms with Gasteiger partial charge in [0.25, 0.3) is 0 Å². The molecule has 1 unspecified atom stereocenters. The molecule has 1 aromatic rings. The normalized spacial score (nSPS) is 17.8. The van der Waals surface area contributed by atoms with Crippen molar-refractivity contribution in [1.29, 1.82) is 0 Å². The van der Waals surface area contributed by atoms with E-state index in [1.807, 2.05) is 19.9 Å². The van der Waals surface area contributed by atoms with Crippen LogP contribution in [0.5, 0.6) is 0 Å². The number of thioether (sulfide) groups is 1. The Kier molecular flexibility index (Phi) is 4.76. The van der Waals surface area contributed by atoms with E-state index < -0.39 is 5.54 Å². The highest BCUT2D eigenvalue weighted by Gasteiger charge is 2.39. The number of hydrogen-bond acceptors (Lipinski definition) is 6. The molecule has 1 aliphatic carbocycles. The van der Waals surface area contributed by atoms with Crippen LogP contribution in [0, 0.1) is 0 Å². The van der Waals surface area contributed by atoms with Gasteiger partial charge in [0.05, 0.1) is 11.6 Å². The van der Waals surface area contributed by atoms with Gasteiger partial charge in [0, 0.05) is 18.0 Å². The summed E-state index contributed by atoms with van der Waals surface area (Å²) in [6.07, 6.45) is 5.48. The van der Waals surface area contributed by atoms with Crippen molar-refractivity contribution in [3.8, 4) is 0 Å². The summed E-state index contributed by atoms with van der Waals surface area (Å²) in [5, 5.41) is 4.25. The Hall–Kier alpha value is -1.14. The maximum Gasteiger partial charge on any atom is 0.326 e. The molecule has 0 radical (unpaired) electrons. The smallest absolute Gasteiger partial charge is 0.326 e. The molecule has 0 saturated heterocycles. The van der Waals surface area contributed by atoms with Gasteiger partial charge in [0.15, 0.2) is 0 Å².